The summed E-state index contributed by atoms with van der Waals surface area (Å²) in [6.07, 6.45) is 0. The van der Waals surface area contributed by atoms with Crippen LogP contribution in [0.4, 0.5) is 0 Å². The third-order valence-electron chi connectivity index (χ3n) is 2.57. The first-order chi connectivity index (χ1) is 9.45. The van der Waals surface area contributed by atoms with E-state index in [2.05, 4.69) is 73.7 Å². The van der Waals surface area contributed by atoms with Gasteiger partial charge in [0.2, 0.25) is 0 Å². The Bertz CT molecular complexity index is 834. The second-order valence-corrected chi connectivity index (χ2v) is 9.74. The Morgan fingerprint density at radius 1 is 1.00 bits per heavy atom. The van der Waals surface area contributed by atoms with E-state index in [9.17, 15) is 0 Å². The molecule has 3 rings (SSSR count). The monoisotopic (exact) mass is 558 g/mol. The molecule has 0 aliphatic heterocycles. The Kier molecular flexibility index (Phi) is 4.56. The molecule has 0 aliphatic carbocycles. The molecular formula is C12H3Br4ClN2S. The summed E-state index contributed by atoms with van der Waals surface area (Å²) in [5.41, 5.74) is 1.71. The van der Waals surface area contributed by atoms with E-state index in [-0.39, 0.29) is 0 Å². The van der Waals surface area contributed by atoms with Gasteiger partial charge in [0, 0.05) is 19.9 Å². The van der Waals surface area contributed by atoms with Crippen molar-refractivity contribution in [1.82, 2.24) is 9.97 Å². The highest BCUT2D eigenvalue weighted by Gasteiger charge is 2.15. The molecular weight excluding hydrogens is 559 g/mol. The van der Waals surface area contributed by atoms with Gasteiger partial charge in [-0.2, -0.15) is 0 Å². The topological polar surface area (TPSA) is 25.8 Å². The molecule has 2 heterocycles. The standard InChI is InChI=1S/C12H3Br4ClN2S/c13-4-1-5-9(7(14)2-4)18-12(19-11(5)17)6-3-8(15)20-10(6)16/h1-3H. The van der Waals surface area contributed by atoms with Gasteiger partial charge in [-0.1, -0.05) is 27.5 Å². The van der Waals surface area contributed by atoms with Crippen molar-refractivity contribution in [3.63, 3.8) is 0 Å². The molecule has 0 saturated heterocycles. The predicted octanol–water partition coefficient (Wildman–Crippen LogP) is 7.06. The molecule has 0 amide bonds. The first-order valence-electron chi connectivity index (χ1n) is 5.23. The zero-order valence-corrected chi connectivity index (χ0v) is 17.3. The predicted molar refractivity (Wildman–Crippen MR) is 98.7 cm³/mol. The van der Waals surface area contributed by atoms with Gasteiger partial charge in [0.05, 0.1) is 13.1 Å². The van der Waals surface area contributed by atoms with Gasteiger partial charge in [0.25, 0.3) is 0 Å². The first kappa shape index (κ1) is 15.4. The third-order valence-corrected chi connectivity index (χ3v) is 6.26. The normalized spacial score (nSPS) is 11.2. The van der Waals surface area contributed by atoms with Crippen molar-refractivity contribution in [2.75, 3.05) is 0 Å². The van der Waals surface area contributed by atoms with Gasteiger partial charge in [-0.05, 0) is 66.0 Å². The summed E-state index contributed by atoms with van der Waals surface area (Å²) in [6, 6.07) is 5.82. The molecule has 0 unspecified atom stereocenters. The molecule has 0 fully saturated rings. The lowest BCUT2D eigenvalue weighted by molar-refractivity contribution is 1.22. The largest absolute Gasteiger partial charge is 0.227 e. The van der Waals surface area contributed by atoms with Crippen LogP contribution < -0.4 is 0 Å². The average molecular weight is 562 g/mol. The molecule has 1 aromatic carbocycles. The molecule has 20 heavy (non-hydrogen) atoms. The lowest BCUT2D eigenvalue weighted by atomic mass is 10.2. The fraction of sp³-hybridized carbons (Fsp3) is 0. The molecule has 0 aliphatic rings. The zero-order chi connectivity index (χ0) is 14.4. The lowest BCUT2D eigenvalue weighted by Crippen LogP contribution is -1.92. The summed E-state index contributed by atoms with van der Waals surface area (Å²) in [6.45, 7) is 0. The zero-order valence-electron chi connectivity index (χ0n) is 9.42. The molecule has 0 N–H and O–H groups in total. The molecule has 2 aromatic heterocycles. The molecule has 2 nitrogen and oxygen atoms in total. The minimum Gasteiger partial charge on any atom is -0.227 e. The van der Waals surface area contributed by atoms with Crippen LogP contribution in [0.3, 0.4) is 0 Å². The van der Waals surface area contributed by atoms with Crippen LogP contribution in [0.25, 0.3) is 22.3 Å². The van der Waals surface area contributed by atoms with Crippen LogP contribution in [-0.4, -0.2) is 9.97 Å². The van der Waals surface area contributed by atoms with Gasteiger partial charge in [0.1, 0.15) is 5.15 Å². The van der Waals surface area contributed by atoms with Crippen molar-refractivity contribution in [2.24, 2.45) is 0 Å². The van der Waals surface area contributed by atoms with Crippen LogP contribution in [0, 0.1) is 0 Å². The summed E-state index contributed by atoms with van der Waals surface area (Å²) in [7, 11) is 0. The summed E-state index contributed by atoms with van der Waals surface area (Å²) < 4.78 is 3.77. The van der Waals surface area contributed by atoms with Crippen molar-refractivity contribution < 1.29 is 0 Å². The number of thiophene rings is 1. The number of nitrogens with zero attached hydrogens (tertiary/aromatic N) is 2. The van der Waals surface area contributed by atoms with E-state index in [0.29, 0.717) is 11.0 Å². The molecule has 0 spiro atoms. The quantitative estimate of drug-likeness (QED) is 0.297. The van der Waals surface area contributed by atoms with Crippen LogP contribution in [0.5, 0.6) is 0 Å². The van der Waals surface area contributed by atoms with Gasteiger partial charge in [-0.25, -0.2) is 9.97 Å². The minimum atomic E-state index is 0.432. The van der Waals surface area contributed by atoms with Crippen LogP contribution in [0.15, 0.2) is 34.7 Å². The van der Waals surface area contributed by atoms with E-state index in [4.69, 9.17) is 11.6 Å². The van der Waals surface area contributed by atoms with E-state index in [1.807, 2.05) is 18.2 Å². The molecule has 8 heteroatoms. The molecule has 0 radical (unpaired) electrons. The van der Waals surface area contributed by atoms with Crippen molar-refractivity contribution in [1.29, 1.82) is 0 Å². The Morgan fingerprint density at radius 2 is 1.75 bits per heavy atom. The van der Waals surface area contributed by atoms with Gasteiger partial charge in [-0.3, -0.25) is 0 Å². The van der Waals surface area contributed by atoms with Crippen molar-refractivity contribution >= 4 is 97.6 Å². The fourth-order valence-electron chi connectivity index (χ4n) is 1.73. The molecule has 0 bridgehead atoms. The molecule has 0 saturated carbocycles. The minimum absolute atomic E-state index is 0.432. The van der Waals surface area contributed by atoms with Crippen molar-refractivity contribution in [2.45, 2.75) is 0 Å². The van der Waals surface area contributed by atoms with Crippen LogP contribution in [0.2, 0.25) is 5.15 Å². The SMILES string of the molecule is Clc1nc(-c2cc(Br)sc2Br)nc2c(Br)cc(Br)cc12. The summed E-state index contributed by atoms with van der Waals surface area (Å²) in [5, 5.41) is 1.24. The number of halogens is 5. The highest BCUT2D eigenvalue weighted by molar-refractivity contribution is 9.12. The Hall–Kier alpha value is 0.470. The lowest BCUT2D eigenvalue weighted by Gasteiger charge is -2.06. The first-order valence-corrected chi connectivity index (χ1v) is 9.60. The summed E-state index contributed by atoms with van der Waals surface area (Å²) in [4.78, 5) is 9.01. The Balaban J connectivity index is 2.32. The van der Waals surface area contributed by atoms with Crippen LogP contribution in [-0.2, 0) is 0 Å². The van der Waals surface area contributed by atoms with E-state index in [1.54, 1.807) is 11.3 Å². The molecule has 102 valence electrons. The maximum Gasteiger partial charge on any atom is 0.163 e. The van der Waals surface area contributed by atoms with Crippen LogP contribution >= 0.6 is 86.7 Å². The van der Waals surface area contributed by atoms with Crippen LogP contribution in [0.1, 0.15) is 0 Å². The fourth-order valence-corrected chi connectivity index (χ4v) is 6.06. The van der Waals surface area contributed by atoms with E-state index in [1.165, 1.54) is 0 Å². The Morgan fingerprint density at radius 3 is 2.40 bits per heavy atom. The number of hydrogen-bond donors (Lipinski definition) is 0. The van der Waals surface area contributed by atoms with Gasteiger partial charge >= 0.3 is 0 Å². The van der Waals surface area contributed by atoms with Crippen molar-refractivity contribution in [3.05, 3.63) is 39.9 Å². The summed E-state index contributed by atoms with van der Waals surface area (Å²) in [5.74, 6) is 0.597. The second-order valence-electron chi connectivity index (χ2n) is 3.86. The smallest absolute Gasteiger partial charge is 0.163 e. The van der Waals surface area contributed by atoms with E-state index >= 15 is 0 Å². The molecule has 0 atom stereocenters. The highest BCUT2D eigenvalue weighted by Crippen LogP contribution is 2.39. The van der Waals surface area contributed by atoms with E-state index in [0.717, 1.165) is 33.0 Å². The number of aromatic nitrogens is 2. The third kappa shape index (κ3) is 2.85. The number of fused-ring (bicyclic) bond motifs is 1. The second kappa shape index (κ2) is 5.93. The summed E-state index contributed by atoms with van der Waals surface area (Å²) >= 11 is 21.8. The molecule has 3 aromatic rings. The van der Waals surface area contributed by atoms with Gasteiger partial charge in [-0.15, -0.1) is 11.3 Å². The maximum absolute atomic E-state index is 6.30. The number of benzene rings is 1. The number of hydrogen-bond acceptors (Lipinski definition) is 3. The highest BCUT2D eigenvalue weighted by atomic mass is 79.9. The number of rotatable bonds is 1. The van der Waals surface area contributed by atoms with Crippen molar-refractivity contribution in [3.8, 4) is 11.4 Å². The Labute approximate surface area is 157 Å². The average Bonchev–Trinajstić information content (AvgIpc) is 2.69. The van der Waals surface area contributed by atoms with Gasteiger partial charge in [0.15, 0.2) is 5.82 Å². The van der Waals surface area contributed by atoms with E-state index < -0.39 is 0 Å². The van der Waals surface area contributed by atoms with Gasteiger partial charge < -0.3 is 0 Å². The maximum atomic E-state index is 6.30.